The van der Waals surface area contributed by atoms with Crippen LogP contribution in [-0.2, 0) is 21.7 Å². The van der Waals surface area contributed by atoms with Crippen LogP contribution >= 0.6 is 23.5 Å². The quantitative estimate of drug-likeness (QED) is 0.117. The second kappa shape index (κ2) is 13.6. The Labute approximate surface area is 271 Å². The predicted octanol–water partition coefficient (Wildman–Crippen LogP) is 6.44. The summed E-state index contributed by atoms with van der Waals surface area (Å²) in [6.07, 6.45) is 3.19. The number of fused-ring (bicyclic) bond motifs is 1. The number of cyclic esters (lactones) is 1. The van der Waals surface area contributed by atoms with Gasteiger partial charge >= 0.3 is 5.97 Å². The molecule has 4 aromatic carbocycles. The van der Waals surface area contributed by atoms with Crippen molar-refractivity contribution in [2.75, 3.05) is 44.2 Å². The standard InChI is InChI=1S/C26H23N3O3S2.C9H11NO/c1-29(2)19-6-4-5-16(13-19)14-21-24(17-7-12-22-23(15-17)28-34-27-22)25(30)32-26(21,31)18-8-10-20(33-3)11-9-18;1-10(2)9-5-3-4-8(6-9)7-11/h4-13,15,31H,14H2,1-3H3;3-7H,1-2H3. The smallest absolute Gasteiger partial charge is 0.342 e. The van der Waals surface area contributed by atoms with Crippen molar-refractivity contribution in [2.24, 2.45) is 0 Å². The van der Waals surface area contributed by atoms with Gasteiger partial charge in [-0.05, 0) is 65.9 Å². The summed E-state index contributed by atoms with van der Waals surface area (Å²) in [5, 5.41) is 11.9. The highest BCUT2D eigenvalue weighted by Crippen LogP contribution is 2.45. The highest BCUT2D eigenvalue weighted by Gasteiger charge is 2.48. The maximum absolute atomic E-state index is 13.3. The first kappa shape index (κ1) is 31.9. The van der Waals surface area contributed by atoms with Crippen molar-refractivity contribution in [1.29, 1.82) is 0 Å². The molecule has 2 heterocycles. The molecule has 0 spiro atoms. The molecule has 8 nitrogen and oxygen atoms in total. The summed E-state index contributed by atoms with van der Waals surface area (Å²) >= 11 is 2.73. The van der Waals surface area contributed by atoms with E-state index >= 15 is 0 Å². The van der Waals surface area contributed by atoms with Gasteiger partial charge in [0.2, 0.25) is 0 Å². The zero-order valence-electron chi connectivity index (χ0n) is 25.7. The third kappa shape index (κ3) is 6.93. The molecule has 0 saturated carbocycles. The number of carbonyl (C=O) groups excluding carboxylic acids is 2. The van der Waals surface area contributed by atoms with Crippen LogP contribution in [0, 0.1) is 0 Å². The number of nitrogens with zero attached hydrogens (tertiary/aromatic N) is 4. The molecule has 5 aromatic rings. The normalized spacial score (nSPS) is 15.8. The lowest BCUT2D eigenvalue weighted by atomic mass is 9.88. The van der Waals surface area contributed by atoms with Gasteiger partial charge in [0, 0.05) is 67.6 Å². The summed E-state index contributed by atoms with van der Waals surface area (Å²) in [5.41, 5.74) is 7.28. The summed E-state index contributed by atoms with van der Waals surface area (Å²) in [6.45, 7) is 0. The van der Waals surface area contributed by atoms with Crippen LogP contribution in [0.5, 0.6) is 0 Å². The SMILES string of the molecule is CN(C)c1cccc(C=O)c1.CSc1ccc(C2(O)OC(=O)C(c3ccc4nsnc4c3)=C2Cc2cccc(N(C)C)c2)cc1. The number of hydrogen-bond donors (Lipinski definition) is 1. The van der Waals surface area contributed by atoms with E-state index in [4.69, 9.17) is 4.74 Å². The minimum atomic E-state index is -1.87. The van der Waals surface area contributed by atoms with E-state index in [0.29, 0.717) is 34.2 Å². The summed E-state index contributed by atoms with van der Waals surface area (Å²) in [7, 11) is 7.85. The van der Waals surface area contributed by atoms with E-state index in [1.54, 1.807) is 17.8 Å². The van der Waals surface area contributed by atoms with Crippen LogP contribution in [0.4, 0.5) is 11.4 Å². The van der Waals surface area contributed by atoms with Gasteiger partial charge in [0.15, 0.2) is 0 Å². The molecule has 230 valence electrons. The number of benzene rings is 4. The summed E-state index contributed by atoms with van der Waals surface area (Å²) in [5.74, 6) is -2.43. The predicted molar refractivity (Wildman–Crippen MR) is 183 cm³/mol. The summed E-state index contributed by atoms with van der Waals surface area (Å²) in [4.78, 5) is 28.7. The maximum Gasteiger partial charge on any atom is 0.342 e. The van der Waals surface area contributed by atoms with Gasteiger partial charge in [-0.3, -0.25) is 4.79 Å². The average molecular weight is 639 g/mol. The fourth-order valence-corrected chi connectivity index (χ4v) is 5.98. The second-order valence-electron chi connectivity index (χ2n) is 10.9. The van der Waals surface area contributed by atoms with E-state index in [9.17, 15) is 14.7 Å². The first-order valence-corrected chi connectivity index (χ1v) is 16.1. The van der Waals surface area contributed by atoms with Crippen LogP contribution in [0.2, 0.25) is 0 Å². The minimum absolute atomic E-state index is 0.344. The lowest BCUT2D eigenvalue weighted by Crippen LogP contribution is -2.29. The molecule has 0 amide bonds. The lowest BCUT2D eigenvalue weighted by molar-refractivity contribution is -0.185. The molecule has 1 unspecified atom stereocenters. The minimum Gasteiger partial charge on any atom is -0.421 e. The number of carbonyl (C=O) groups is 2. The molecule has 1 N–H and O–H groups in total. The molecule has 1 aliphatic heterocycles. The fourth-order valence-electron chi connectivity index (χ4n) is 5.05. The summed E-state index contributed by atoms with van der Waals surface area (Å²) < 4.78 is 14.3. The Kier molecular flexibility index (Phi) is 9.67. The number of rotatable bonds is 8. The van der Waals surface area contributed by atoms with Crippen LogP contribution < -0.4 is 9.80 Å². The van der Waals surface area contributed by atoms with E-state index in [1.165, 1.54) is 0 Å². The van der Waals surface area contributed by atoms with Gasteiger partial charge in [-0.25, -0.2) is 4.79 Å². The Morgan fingerprint density at radius 3 is 2.20 bits per heavy atom. The molecule has 0 bridgehead atoms. The first-order valence-electron chi connectivity index (χ1n) is 14.2. The Morgan fingerprint density at radius 1 is 0.867 bits per heavy atom. The van der Waals surface area contributed by atoms with Crippen molar-refractivity contribution < 1.29 is 19.4 Å². The van der Waals surface area contributed by atoms with Crippen molar-refractivity contribution in [2.45, 2.75) is 17.1 Å². The van der Waals surface area contributed by atoms with Gasteiger partial charge < -0.3 is 19.6 Å². The zero-order chi connectivity index (χ0) is 32.1. The van der Waals surface area contributed by atoms with Gasteiger partial charge in [-0.15, -0.1) is 11.8 Å². The molecule has 1 aromatic heterocycles. The monoisotopic (exact) mass is 638 g/mol. The van der Waals surface area contributed by atoms with Crippen molar-refractivity contribution in [3.8, 4) is 0 Å². The molecule has 45 heavy (non-hydrogen) atoms. The number of aldehydes is 1. The van der Waals surface area contributed by atoms with Crippen molar-refractivity contribution in [3.63, 3.8) is 0 Å². The number of hydrogen-bond acceptors (Lipinski definition) is 10. The van der Waals surface area contributed by atoms with Gasteiger partial charge in [0.05, 0.1) is 17.3 Å². The molecule has 0 aliphatic carbocycles. The fraction of sp³-hybridized carbons (Fsp3) is 0.200. The van der Waals surface area contributed by atoms with Crippen molar-refractivity contribution in [3.05, 3.63) is 119 Å². The van der Waals surface area contributed by atoms with E-state index in [0.717, 1.165) is 50.9 Å². The van der Waals surface area contributed by atoms with Gasteiger partial charge in [-0.1, -0.05) is 42.5 Å². The topological polar surface area (TPSA) is 95.9 Å². The number of esters is 1. The van der Waals surface area contributed by atoms with E-state index in [1.807, 2.05) is 123 Å². The maximum atomic E-state index is 13.3. The van der Waals surface area contributed by atoms with Crippen LogP contribution in [-0.4, -0.2) is 60.6 Å². The average Bonchev–Trinajstić information content (AvgIpc) is 3.62. The first-order chi connectivity index (χ1) is 21.6. The Morgan fingerprint density at radius 2 is 1.53 bits per heavy atom. The zero-order valence-corrected chi connectivity index (χ0v) is 27.4. The third-order valence-corrected chi connectivity index (χ3v) is 8.81. The number of ether oxygens (including phenoxy) is 1. The molecule has 0 saturated heterocycles. The molecule has 0 fully saturated rings. The largest absolute Gasteiger partial charge is 0.421 e. The van der Waals surface area contributed by atoms with Crippen molar-refractivity contribution >= 4 is 63.7 Å². The molecule has 1 aliphatic rings. The Hall–Kier alpha value is -4.51. The highest BCUT2D eigenvalue weighted by atomic mass is 32.2. The van der Waals surface area contributed by atoms with E-state index in [-0.39, 0.29) is 0 Å². The van der Waals surface area contributed by atoms with Gasteiger partial charge in [0.1, 0.15) is 17.3 Å². The Bertz CT molecular complexity index is 1870. The molecule has 0 radical (unpaired) electrons. The Balaban J connectivity index is 0.000000309. The molecule has 10 heteroatoms. The molecular weight excluding hydrogens is 605 g/mol. The van der Waals surface area contributed by atoms with E-state index < -0.39 is 11.8 Å². The van der Waals surface area contributed by atoms with Crippen molar-refractivity contribution in [1.82, 2.24) is 8.75 Å². The highest BCUT2D eigenvalue weighted by molar-refractivity contribution is 7.98. The molecule has 1 atom stereocenters. The molecular formula is C35H34N4O4S2. The lowest BCUT2D eigenvalue weighted by Gasteiger charge is -2.26. The number of aliphatic hydroxyl groups is 1. The number of aromatic nitrogens is 2. The van der Waals surface area contributed by atoms with Crippen LogP contribution in [0.15, 0.2) is 101 Å². The van der Waals surface area contributed by atoms with Gasteiger partial charge in [0.25, 0.3) is 5.79 Å². The van der Waals surface area contributed by atoms with E-state index in [2.05, 4.69) is 14.8 Å². The van der Waals surface area contributed by atoms with Gasteiger partial charge in [-0.2, -0.15) is 8.75 Å². The van der Waals surface area contributed by atoms with Crippen LogP contribution in [0.1, 0.15) is 27.0 Å². The summed E-state index contributed by atoms with van der Waals surface area (Å²) in [6, 6.07) is 28.5. The number of anilines is 2. The number of thioether (sulfide) groups is 1. The van der Waals surface area contributed by atoms with Crippen LogP contribution in [0.3, 0.4) is 0 Å². The second-order valence-corrected chi connectivity index (χ2v) is 12.3. The third-order valence-electron chi connectivity index (χ3n) is 7.51. The molecule has 6 rings (SSSR count). The van der Waals surface area contributed by atoms with Crippen LogP contribution in [0.25, 0.3) is 16.6 Å².